The number of carbonyl (C=O) groups is 1. The molecule has 1 N–H and O–H groups in total. The molecule has 4 heteroatoms. The van der Waals surface area contributed by atoms with Crippen LogP contribution in [0.15, 0.2) is 27.5 Å². The van der Waals surface area contributed by atoms with Crippen molar-refractivity contribution >= 4 is 23.4 Å². The molecule has 0 atom stereocenters. The minimum absolute atomic E-state index is 0.247. The van der Waals surface area contributed by atoms with E-state index in [1.807, 2.05) is 0 Å². The van der Waals surface area contributed by atoms with Crippen LogP contribution in [-0.4, -0.2) is 18.8 Å². The standard InChI is InChI=1S/C7H5ClN2O/c1-9-7(11)6-4-5(8)2-3-10-6/h4H,1H3,(H,9,11). The molecule has 0 aromatic rings. The number of nitrogens with one attached hydrogen (secondary N) is 1. The van der Waals surface area contributed by atoms with E-state index in [0.717, 1.165) is 0 Å². The largest absolute Gasteiger partial charge is 0.354 e. The van der Waals surface area contributed by atoms with Crippen LogP contribution in [0.1, 0.15) is 0 Å². The lowest BCUT2D eigenvalue weighted by molar-refractivity contribution is -0.117. The number of likely N-dealkylation sites (N-methyl/N-ethyl adjacent to an activating group) is 1. The first kappa shape index (κ1) is 7.83. The van der Waals surface area contributed by atoms with E-state index in [2.05, 4.69) is 21.9 Å². The molecule has 0 radical (unpaired) electrons. The third-order valence-electron chi connectivity index (χ3n) is 1.07. The van der Waals surface area contributed by atoms with Gasteiger partial charge in [0.2, 0.25) is 0 Å². The topological polar surface area (TPSA) is 41.5 Å². The Morgan fingerprint density at radius 2 is 2.55 bits per heavy atom. The van der Waals surface area contributed by atoms with E-state index < -0.39 is 0 Å². The summed E-state index contributed by atoms with van der Waals surface area (Å²) in [6.45, 7) is 0. The van der Waals surface area contributed by atoms with Gasteiger partial charge < -0.3 is 5.32 Å². The molecule has 0 saturated heterocycles. The lowest BCUT2D eigenvalue weighted by Crippen LogP contribution is -2.19. The van der Waals surface area contributed by atoms with Crippen LogP contribution in [0.2, 0.25) is 0 Å². The number of carbonyl (C=O) groups excluding carboxylic acids is 1. The first-order chi connectivity index (χ1) is 5.24. The first-order valence-corrected chi connectivity index (χ1v) is 3.30. The van der Waals surface area contributed by atoms with Crippen LogP contribution >= 0.6 is 11.6 Å². The van der Waals surface area contributed by atoms with Gasteiger partial charge in [0, 0.05) is 12.9 Å². The molecule has 0 unspecified atom stereocenters. The molecule has 1 aliphatic rings. The Hall–Kier alpha value is -1.27. The van der Waals surface area contributed by atoms with Gasteiger partial charge in [0.05, 0.1) is 5.03 Å². The molecule has 0 aliphatic carbocycles. The number of amides is 1. The number of nitrogens with zero attached hydrogens (tertiary/aromatic N) is 1. The Morgan fingerprint density at radius 3 is 3.09 bits per heavy atom. The monoisotopic (exact) mass is 168 g/mol. The van der Waals surface area contributed by atoms with Gasteiger partial charge >= 0.3 is 0 Å². The van der Waals surface area contributed by atoms with E-state index in [1.54, 1.807) is 0 Å². The Morgan fingerprint density at radius 1 is 1.82 bits per heavy atom. The van der Waals surface area contributed by atoms with Gasteiger partial charge in [0.15, 0.2) is 0 Å². The fourth-order valence-electron chi connectivity index (χ4n) is 0.574. The van der Waals surface area contributed by atoms with Crippen LogP contribution in [0.25, 0.3) is 0 Å². The molecule has 56 valence electrons. The molecule has 1 amide bonds. The molecule has 0 bridgehead atoms. The summed E-state index contributed by atoms with van der Waals surface area (Å²) < 4.78 is 0. The van der Waals surface area contributed by atoms with Crippen molar-refractivity contribution in [1.82, 2.24) is 5.32 Å². The van der Waals surface area contributed by atoms with E-state index in [0.29, 0.717) is 5.03 Å². The third-order valence-corrected chi connectivity index (χ3v) is 1.28. The normalized spacial score (nSPS) is 14.0. The smallest absolute Gasteiger partial charge is 0.270 e. The van der Waals surface area contributed by atoms with Crippen LogP contribution in [0, 0.1) is 0 Å². The van der Waals surface area contributed by atoms with Gasteiger partial charge in [-0.25, -0.2) is 0 Å². The molecule has 0 saturated carbocycles. The zero-order valence-electron chi connectivity index (χ0n) is 5.81. The predicted octanol–water partition coefficient (Wildman–Crippen LogP) is 0.577. The SMILES string of the molecule is CNC(=O)C1=CC(Cl)=C=C=N1. The fraction of sp³-hybridized carbons (Fsp3) is 0.143. The van der Waals surface area contributed by atoms with Crippen molar-refractivity contribution in [2.75, 3.05) is 7.05 Å². The van der Waals surface area contributed by atoms with Gasteiger partial charge in [-0.15, -0.1) is 0 Å². The minimum Gasteiger partial charge on any atom is -0.354 e. The summed E-state index contributed by atoms with van der Waals surface area (Å²) >= 11 is 5.54. The molecule has 0 aromatic carbocycles. The fourth-order valence-corrected chi connectivity index (χ4v) is 0.720. The second-order valence-electron chi connectivity index (χ2n) is 1.81. The van der Waals surface area contributed by atoms with Crippen molar-refractivity contribution in [3.63, 3.8) is 0 Å². The average molecular weight is 169 g/mol. The first-order valence-electron chi connectivity index (χ1n) is 2.92. The van der Waals surface area contributed by atoms with Crippen molar-refractivity contribution in [1.29, 1.82) is 0 Å². The lowest BCUT2D eigenvalue weighted by Gasteiger charge is -1.97. The minimum atomic E-state index is -0.280. The summed E-state index contributed by atoms with van der Waals surface area (Å²) in [5.41, 5.74) is 2.75. The predicted molar refractivity (Wildman–Crippen MR) is 42.5 cm³/mol. The second kappa shape index (κ2) is 3.22. The van der Waals surface area contributed by atoms with Crippen LogP contribution in [0.5, 0.6) is 0 Å². The van der Waals surface area contributed by atoms with Crippen LogP contribution < -0.4 is 5.32 Å². The van der Waals surface area contributed by atoms with Crippen molar-refractivity contribution in [3.8, 4) is 0 Å². The zero-order valence-corrected chi connectivity index (χ0v) is 6.57. The van der Waals surface area contributed by atoms with Gasteiger partial charge in [-0.05, 0) is 11.8 Å². The molecule has 0 aromatic heterocycles. The molecule has 0 fully saturated rings. The lowest BCUT2D eigenvalue weighted by atomic mass is 10.3. The molecule has 1 aliphatic heterocycles. The Bertz CT molecular complexity index is 317. The highest BCUT2D eigenvalue weighted by Crippen LogP contribution is 2.08. The highest BCUT2D eigenvalue weighted by molar-refractivity contribution is 6.32. The Balaban J connectivity index is 2.91. The number of rotatable bonds is 1. The van der Waals surface area contributed by atoms with Crippen molar-refractivity contribution in [3.05, 3.63) is 22.5 Å². The quantitative estimate of drug-likeness (QED) is 0.572. The maximum atomic E-state index is 10.9. The molecule has 11 heavy (non-hydrogen) atoms. The van der Waals surface area contributed by atoms with Crippen molar-refractivity contribution in [2.45, 2.75) is 0 Å². The van der Waals surface area contributed by atoms with Crippen molar-refractivity contribution in [2.24, 2.45) is 4.99 Å². The molecule has 3 nitrogen and oxygen atoms in total. The maximum Gasteiger partial charge on any atom is 0.270 e. The average Bonchev–Trinajstić information content (AvgIpc) is 2.03. The summed E-state index contributed by atoms with van der Waals surface area (Å²) in [6.07, 6.45) is 1.43. The highest BCUT2D eigenvalue weighted by atomic mass is 35.5. The van der Waals surface area contributed by atoms with E-state index in [4.69, 9.17) is 11.6 Å². The van der Waals surface area contributed by atoms with E-state index in [9.17, 15) is 4.79 Å². The summed E-state index contributed by atoms with van der Waals surface area (Å²) in [5.74, 6) is 2.10. The van der Waals surface area contributed by atoms with Gasteiger partial charge in [-0.3, -0.25) is 4.79 Å². The summed E-state index contributed by atoms with van der Waals surface area (Å²) in [6, 6.07) is 0. The van der Waals surface area contributed by atoms with Gasteiger partial charge in [0.1, 0.15) is 5.70 Å². The van der Waals surface area contributed by atoms with Gasteiger partial charge in [0.25, 0.3) is 5.91 Å². The van der Waals surface area contributed by atoms with Crippen molar-refractivity contribution < 1.29 is 4.79 Å². The molecule has 1 heterocycles. The molecule has 0 spiro atoms. The third kappa shape index (κ3) is 1.82. The number of halogens is 1. The summed E-state index contributed by atoms with van der Waals surface area (Å²) in [4.78, 5) is 14.5. The summed E-state index contributed by atoms with van der Waals surface area (Å²) in [7, 11) is 1.52. The second-order valence-corrected chi connectivity index (χ2v) is 2.21. The number of aliphatic imine (C=N–C) groups is 1. The van der Waals surface area contributed by atoms with E-state index >= 15 is 0 Å². The van der Waals surface area contributed by atoms with Crippen LogP contribution in [0.4, 0.5) is 0 Å². The van der Waals surface area contributed by atoms with Gasteiger partial charge in [-0.2, -0.15) is 4.99 Å². The molecular weight excluding hydrogens is 164 g/mol. The maximum absolute atomic E-state index is 10.9. The Kier molecular flexibility index (Phi) is 2.29. The van der Waals surface area contributed by atoms with Crippen LogP contribution in [0.3, 0.4) is 0 Å². The number of hydrogen-bond acceptors (Lipinski definition) is 2. The summed E-state index contributed by atoms with van der Waals surface area (Å²) in [5, 5.41) is 2.75. The Labute approximate surface area is 68.8 Å². The van der Waals surface area contributed by atoms with Gasteiger partial charge in [-0.1, -0.05) is 11.6 Å². The van der Waals surface area contributed by atoms with E-state index in [-0.39, 0.29) is 11.6 Å². The van der Waals surface area contributed by atoms with E-state index in [1.165, 1.54) is 13.1 Å². The molecular formula is C7H5ClN2O. The zero-order chi connectivity index (χ0) is 8.27. The number of allylic oxidation sites excluding steroid dienone is 2. The number of hydrogen-bond donors (Lipinski definition) is 1. The highest BCUT2D eigenvalue weighted by Gasteiger charge is 2.06. The van der Waals surface area contributed by atoms with Crippen LogP contribution in [-0.2, 0) is 4.79 Å². The molecule has 1 rings (SSSR count).